The molecule has 4 atom stereocenters. The molecule has 4 unspecified atom stereocenters. The van der Waals surface area contributed by atoms with Crippen LogP contribution in [0.25, 0.3) is 0 Å². The van der Waals surface area contributed by atoms with Crippen LogP contribution in [-0.2, 0) is 0 Å². The summed E-state index contributed by atoms with van der Waals surface area (Å²) in [5, 5.41) is 3.62. The van der Waals surface area contributed by atoms with Gasteiger partial charge in [0.2, 0.25) is 0 Å². The number of rotatable bonds is 7. The lowest BCUT2D eigenvalue weighted by Crippen LogP contribution is -2.49. The number of nitrogens with one attached hydrogen (secondary N) is 1. The van der Waals surface area contributed by atoms with Gasteiger partial charge < -0.3 is 10.2 Å². The van der Waals surface area contributed by atoms with Gasteiger partial charge in [-0.3, -0.25) is 0 Å². The average molecular weight is 238 g/mol. The Hall–Kier alpha value is -0.0800. The van der Waals surface area contributed by atoms with Crippen molar-refractivity contribution >= 4 is 0 Å². The van der Waals surface area contributed by atoms with Gasteiger partial charge >= 0.3 is 0 Å². The van der Waals surface area contributed by atoms with Crippen molar-refractivity contribution in [2.24, 2.45) is 23.7 Å². The van der Waals surface area contributed by atoms with E-state index < -0.39 is 0 Å². The summed E-state index contributed by atoms with van der Waals surface area (Å²) < 4.78 is 0. The summed E-state index contributed by atoms with van der Waals surface area (Å²) in [5.41, 5.74) is 0. The van der Waals surface area contributed by atoms with Gasteiger partial charge in [0.1, 0.15) is 0 Å². The van der Waals surface area contributed by atoms with Gasteiger partial charge in [0.25, 0.3) is 0 Å². The van der Waals surface area contributed by atoms with Gasteiger partial charge in [-0.05, 0) is 63.1 Å². The highest BCUT2D eigenvalue weighted by Crippen LogP contribution is 2.40. The Morgan fingerprint density at radius 3 is 2.41 bits per heavy atom. The molecule has 2 aliphatic carbocycles. The SMILES string of the molecule is CC(C)CNCC1CCC1N(C)CC1CC1C. The maximum Gasteiger partial charge on any atom is 0.0133 e. The lowest BCUT2D eigenvalue weighted by atomic mass is 9.78. The lowest BCUT2D eigenvalue weighted by Gasteiger charge is -2.43. The normalized spacial score (nSPS) is 36.4. The van der Waals surface area contributed by atoms with E-state index in [-0.39, 0.29) is 0 Å². The highest BCUT2D eigenvalue weighted by molar-refractivity contribution is 4.92. The highest BCUT2D eigenvalue weighted by atomic mass is 15.2. The minimum absolute atomic E-state index is 0.776. The lowest BCUT2D eigenvalue weighted by molar-refractivity contribution is 0.0787. The molecule has 0 bridgehead atoms. The molecule has 0 aromatic heterocycles. The molecular formula is C15H30N2. The maximum atomic E-state index is 3.62. The molecule has 2 fully saturated rings. The first-order valence-electron chi connectivity index (χ1n) is 7.49. The van der Waals surface area contributed by atoms with Gasteiger partial charge in [0.05, 0.1) is 0 Å². The second kappa shape index (κ2) is 5.71. The third-order valence-electron chi connectivity index (χ3n) is 4.70. The molecule has 100 valence electrons. The molecule has 2 saturated carbocycles. The molecule has 0 saturated heterocycles. The standard InChI is InChI=1S/C15H30N2/c1-11(2)8-16-9-13-5-6-15(13)17(4)10-14-7-12(14)3/h11-16H,5-10H2,1-4H3. The van der Waals surface area contributed by atoms with Crippen molar-refractivity contribution in [1.29, 1.82) is 0 Å². The summed E-state index contributed by atoms with van der Waals surface area (Å²) in [6, 6.07) is 0.863. The molecule has 0 amide bonds. The van der Waals surface area contributed by atoms with Crippen LogP contribution in [0.1, 0.15) is 40.0 Å². The quantitative estimate of drug-likeness (QED) is 0.733. The zero-order chi connectivity index (χ0) is 12.4. The van der Waals surface area contributed by atoms with Crippen LogP contribution < -0.4 is 5.32 Å². The van der Waals surface area contributed by atoms with E-state index in [0.717, 1.165) is 29.7 Å². The van der Waals surface area contributed by atoms with E-state index in [1.807, 2.05) is 0 Å². The Kier molecular flexibility index (Phi) is 4.48. The van der Waals surface area contributed by atoms with Crippen LogP contribution in [0.2, 0.25) is 0 Å². The van der Waals surface area contributed by atoms with Gasteiger partial charge in [-0.25, -0.2) is 0 Å². The maximum absolute atomic E-state index is 3.62. The highest BCUT2D eigenvalue weighted by Gasteiger charge is 2.38. The molecular weight excluding hydrogens is 208 g/mol. The van der Waals surface area contributed by atoms with E-state index in [0.29, 0.717) is 0 Å². The molecule has 2 nitrogen and oxygen atoms in total. The van der Waals surface area contributed by atoms with Gasteiger partial charge in [0.15, 0.2) is 0 Å². The van der Waals surface area contributed by atoms with Crippen LogP contribution in [0.3, 0.4) is 0 Å². The molecule has 0 aromatic carbocycles. The summed E-state index contributed by atoms with van der Waals surface area (Å²) in [5.74, 6) is 3.69. The molecule has 0 radical (unpaired) electrons. The van der Waals surface area contributed by atoms with E-state index in [4.69, 9.17) is 0 Å². The van der Waals surface area contributed by atoms with Crippen LogP contribution >= 0.6 is 0 Å². The Labute approximate surface area is 107 Å². The molecule has 0 spiro atoms. The Balaban J connectivity index is 1.63. The van der Waals surface area contributed by atoms with Crippen LogP contribution in [-0.4, -0.2) is 37.6 Å². The third-order valence-corrected chi connectivity index (χ3v) is 4.70. The van der Waals surface area contributed by atoms with Gasteiger partial charge in [-0.15, -0.1) is 0 Å². The predicted octanol–water partition coefficient (Wildman–Crippen LogP) is 2.60. The Bertz CT molecular complexity index is 239. The summed E-state index contributed by atoms with van der Waals surface area (Å²) in [6.07, 6.45) is 4.32. The second-order valence-electron chi connectivity index (χ2n) is 6.87. The molecule has 1 N–H and O–H groups in total. The van der Waals surface area contributed by atoms with E-state index in [9.17, 15) is 0 Å². The molecule has 2 heteroatoms. The number of nitrogens with zero attached hydrogens (tertiary/aromatic N) is 1. The minimum Gasteiger partial charge on any atom is -0.316 e. The summed E-state index contributed by atoms with van der Waals surface area (Å²) >= 11 is 0. The fraction of sp³-hybridized carbons (Fsp3) is 1.00. The molecule has 17 heavy (non-hydrogen) atoms. The first-order valence-corrected chi connectivity index (χ1v) is 7.49. The third kappa shape index (κ3) is 3.69. The summed E-state index contributed by atoms with van der Waals surface area (Å²) in [6.45, 7) is 10.7. The van der Waals surface area contributed by atoms with E-state index >= 15 is 0 Å². The van der Waals surface area contributed by atoms with Gasteiger partial charge in [-0.2, -0.15) is 0 Å². The zero-order valence-electron chi connectivity index (χ0n) is 12.1. The first kappa shape index (κ1) is 13.4. The van der Waals surface area contributed by atoms with Gasteiger partial charge in [0, 0.05) is 12.6 Å². The van der Waals surface area contributed by atoms with Crippen LogP contribution in [0.4, 0.5) is 0 Å². The second-order valence-corrected chi connectivity index (χ2v) is 6.87. The molecule has 0 aromatic rings. The van der Waals surface area contributed by atoms with Crippen LogP contribution in [0, 0.1) is 23.7 Å². The smallest absolute Gasteiger partial charge is 0.0133 e. The van der Waals surface area contributed by atoms with Crippen molar-refractivity contribution < 1.29 is 0 Å². The average Bonchev–Trinajstić information content (AvgIpc) is 2.86. The van der Waals surface area contributed by atoms with Crippen molar-refractivity contribution in [2.75, 3.05) is 26.7 Å². The Morgan fingerprint density at radius 1 is 1.24 bits per heavy atom. The first-order chi connectivity index (χ1) is 8.08. The molecule has 2 aliphatic rings. The number of hydrogen-bond donors (Lipinski definition) is 1. The fourth-order valence-electron chi connectivity index (χ4n) is 3.09. The van der Waals surface area contributed by atoms with Crippen molar-refractivity contribution in [2.45, 2.75) is 46.1 Å². The van der Waals surface area contributed by atoms with Crippen molar-refractivity contribution in [3.8, 4) is 0 Å². The molecule has 0 heterocycles. The Morgan fingerprint density at radius 2 is 1.94 bits per heavy atom. The van der Waals surface area contributed by atoms with Crippen molar-refractivity contribution in [3.05, 3.63) is 0 Å². The minimum atomic E-state index is 0.776. The van der Waals surface area contributed by atoms with Crippen LogP contribution in [0.15, 0.2) is 0 Å². The van der Waals surface area contributed by atoms with E-state index in [1.54, 1.807) is 0 Å². The zero-order valence-corrected chi connectivity index (χ0v) is 12.1. The summed E-state index contributed by atoms with van der Waals surface area (Å²) in [4.78, 5) is 2.64. The topological polar surface area (TPSA) is 15.3 Å². The predicted molar refractivity (Wildman–Crippen MR) is 74.1 cm³/mol. The molecule has 0 aliphatic heterocycles. The van der Waals surface area contributed by atoms with E-state index in [2.05, 4.69) is 38.0 Å². The number of hydrogen-bond acceptors (Lipinski definition) is 2. The van der Waals surface area contributed by atoms with E-state index in [1.165, 1.54) is 38.9 Å². The van der Waals surface area contributed by atoms with Gasteiger partial charge in [-0.1, -0.05) is 20.8 Å². The monoisotopic (exact) mass is 238 g/mol. The molecule has 2 rings (SSSR count). The largest absolute Gasteiger partial charge is 0.316 e. The summed E-state index contributed by atoms with van der Waals surface area (Å²) in [7, 11) is 2.34. The fourth-order valence-corrected chi connectivity index (χ4v) is 3.09. The van der Waals surface area contributed by atoms with Crippen molar-refractivity contribution in [3.63, 3.8) is 0 Å². The van der Waals surface area contributed by atoms with Crippen LogP contribution in [0.5, 0.6) is 0 Å². The van der Waals surface area contributed by atoms with Crippen molar-refractivity contribution in [1.82, 2.24) is 10.2 Å².